The standard InChI is InChI=1S/C13H21ClN2O2/c1-4-16(5-2)6-7-18-13-11(14)8-10(15)9-12(13)17-3/h8-9H,4-7,15H2,1-3H3. The number of halogens is 1. The monoisotopic (exact) mass is 272 g/mol. The van der Waals surface area contributed by atoms with Crippen LogP contribution >= 0.6 is 11.6 Å². The maximum atomic E-state index is 6.10. The Morgan fingerprint density at radius 3 is 2.50 bits per heavy atom. The van der Waals surface area contributed by atoms with Gasteiger partial charge < -0.3 is 20.1 Å². The highest BCUT2D eigenvalue weighted by molar-refractivity contribution is 6.32. The minimum Gasteiger partial charge on any atom is -0.493 e. The fourth-order valence-electron chi connectivity index (χ4n) is 1.70. The van der Waals surface area contributed by atoms with Crippen LogP contribution in [0, 0.1) is 0 Å². The van der Waals surface area contributed by atoms with Crippen LogP contribution in [0.3, 0.4) is 0 Å². The molecule has 0 unspecified atom stereocenters. The van der Waals surface area contributed by atoms with Crippen LogP contribution < -0.4 is 15.2 Å². The summed E-state index contributed by atoms with van der Waals surface area (Å²) in [4.78, 5) is 2.28. The number of nitrogens with two attached hydrogens (primary N) is 1. The van der Waals surface area contributed by atoms with Gasteiger partial charge in [-0.1, -0.05) is 25.4 Å². The van der Waals surface area contributed by atoms with Crippen LogP contribution in [0.5, 0.6) is 11.5 Å². The van der Waals surface area contributed by atoms with Gasteiger partial charge in [0.25, 0.3) is 0 Å². The molecule has 1 aromatic carbocycles. The van der Waals surface area contributed by atoms with Crippen LogP contribution in [0.25, 0.3) is 0 Å². The third-order valence-electron chi connectivity index (χ3n) is 2.80. The smallest absolute Gasteiger partial charge is 0.179 e. The topological polar surface area (TPSA) is 47.7 Å². The molecule has 0 atom stereocenters. The normalized spacial score (nSPS) is 10.7. The summed E-state index contributed by atoms with van der Waals surface area (Å²) in [7, 11) is 1.57. The van der Waals surface area contributed by atoms with Gasteiger partial charge in [-0.2, -0.15) is 0 Å². The van der Waals surface area contributed by atoms with E-state index in [1.165, 1.54) is 0 Å². The Bertz CT molecular complexity index is 381. The second-order valence-corrected chi connectivity index (χ2v) is 4.32. The predicted molar refractivity (Wildman–Crippen MR) is 75.7 cm³/mol. The minimum absolute atomic E-state index is 0.478. The van der Waals surface area contributed by atoms with E-state index in [0.29, 0.717) is 28.8 Å². The van der Waals surface area contributed by atoms with Crippen molar-refractivity contribution in [3.05, 3.63) is 17.2 Å². The van der Waals surface area contributed by atoms with Crippen molar-refractivity contribution in [2.75, 3.05) is 39.1 Å². The summed E-state index contributed by atoms with van der Waals surface area (Å²) in [6.07, 6.45) is 0. The van der Waals surface area contributed by atoms with Gasteiger partial charge in [-0.3, -0.25) is 0 Å². The molecule has 0 radical (unpaired) electrons. The highest BCUT2D eigenvalue weighted by Crippen LogP contribution is 2.37. The van der Waals surface area contributed by atoms with Crippen LogP contribution in [0.1, 0.15) is 13.8 Å². The van der Waals surface area contributed by atoms with E-state index in [9.17, 15) is 0 Å². The van der Waals surface area contributed by atoms with E-state index >= 15 is 0 Å². The van der Waals surface area contributed by atoms with Crippen molar-refractivity contribution in [1.82, 2.24) is 4.90 Å². The first-order chi connectivity index (χ1) is 8.62. The first kappa shape index (κ1) is 14.9. The zero-order valence-electron chi connectivity index (χ0n) is 11.2. The zero-order valence-corrected chi connectivity index (χ0v) is 12.0. The van der Waals surface area contributed by atoms with E-state index in [-0.39, 0.29) is 0 Å². The van der Waals surface area contributed by atoms with Gasteiger partial charge in [0, 0.05) is 18.3 Å². The Balaban J connectivity index is 2.66. The Kier molecular flexibility index (Phi) is 6.09. The number of nitrogen functional groups attached to an aromatic ring is 1. The number of rotatable bonds is 7. The number of anilines is 1. The summed E-state index contributed by atoms with van der Waals surface area (Å²) in [6, 6.07) is 3.37. The number of likely N-dealkylation sites (N-methyl/N-ethyl adjacent to an activating group) is 1. The summed E-state index contributed by atoms with van der Waals surface area (Å²) in [5.41, 5.74) is 6.26. The molecule has 0 aromatic heterocycles. The van der Waals surface area contributed by atoms with E-state index in [1.807, 2.05) is 0 Å². The van der Waals surface area contributed by atoms with Crippen LogP contribution in [0.4, 0.5) is 5.69 Å². The second-order valence-electron chi connectivity index (χ2n) is 3.91. The number of benzene rings is 1. The highest BCUT2D eigenvalue weighted by atomic mass is 35.5. The summed E-state index contributed by atoms with van der Waals surface area (Å²) < 4.78 is 10.9. The molecular weight excluding hydrogens is 252 g/mol. The van der Waals surface area contributed by atoms with Gasteiger partial charge in [0.1, 0.15) is 6.61 Å². The van der Waals surface area contributed by atoms with E-state index < -0.39 is 0 Å². The van der Waals surface area contributed by atoms with E-state index in [1.54, 1.807) is 19.2 Å². The lowest BCUT2D eigenvalue weighted by Crippen LogP contribution is -2.28. The molecule has 0 fully saturated rings. The fraction of sp³-hybridized carbons (Fsp3) is 0.538. The molecule has 0 amide bonds. The molecular formula is C13H21ClN2O2. The van der Waals surface area contributed by atoms with Crippen LogP contribution in [-0.2, 0) is 0 Å². The lowest BCUT2D eigenvalue weighted by molar-refractivity contribution is 0.217. The van der Waals surface area contributed by atoms with Crippen molar-refractivity contribution < 1.29 is 9.47 Å². The average molecular weight is 273 g/mol. The molecule has 0 aliphatic rings. The van der Waals surface area contributed by atoms with Crippen LogP contribution in [-0.4, -0.2) is 38.3 Å². The molecule has 0 aliphatic heterocycles. The van der Waals surface area contributed by atoms with Crippen molar-refractivity contribution in [2.45, 2.75) is 13.8 Å². The van der Waals surface area contributed by atoms with Gasteiger partial charge in [0.2, 0.25) is 0 Å². The maximum absolute atomic E-state index is 6.10. The quantitative estimate of drug-likeness (QED) is 0.775. The molecule has 0 bridgehead atoms. The molecule has 0 aliphatic carbocycles. The molecule has 1 rings (SSSR count). The fourth-order valence-corrected chi connectivity index (χ4v) is 1.97. The zero-order chi connectivity index (χ0) is 13.5. The molecule has 5 heteroatoms. The molecule has 4 nitrogen and oxygen atoms in total. The van der Waals surface area contributed by atoms with Gasteiger partial charge in [-0.15, -0.1) is 0 Å². The van der Waals surface area contributed by atoms with Gasteiger partial charge in [0.05, 0.1) is 12.1 Å². The number of ether oxygens (including phenoxy) is 2. The second kappa shape index (κ2) is 7.34. The van der Waals surface area contributed by atoms with Crippen molar-refractivity contribution >= 4 is 17.3 Å². The minimum atomic E-state index is 0.478. The van der Waals surface area contributed by atoms with Crippen LogP contribution in [0.2, 0.25) is 5.02 Å². The molecule has 102 valence electrons. The average Bonchev–Trinajstić information content (AvgIpc) is 2.36. The Hall–Kier alpha value is -1.13. The summed E-state index contributed by atoms with van der Waals surface area (Å²) in [6.45, 7) is 7.69. The number of hydrogen-bond acceptors (Lipinski definition) is 4. The van der Waals surface area contributed by atoms with E-state index in [2.05, 4.69) is 18.7 Å². The van der Waals surface area contributed by atoms with Crippen molar-refractivity contribution in [2.24, 2.45) is 0 Å². The molecule has 2 N–H and O–H groups in total. The van der Waals surface area contributed by atoms with Crippen molar-refractivity contribution in [3.8, 4) is 11.5 Å². The van der Waals surface area contributed by atoms with Gasteiger partial charge >= 0.3 is 0 Å². The number of hydrogen-bond donors (Lipinski definition) is 1. The predicted octanol–water partition coefficient (Wildman–Crippen LogP) is 2.65. The van der Waals surface area contributed by atoms with Gasteiger partial charge in [-0.25, -0.2) is 0 Å². The third kappa shape index (κ3) is 3.96. The highest BCUT2D eigenvalue weighted by Gasteiger charge is 2.11. The lowest BCUT2D eigenvalue weighted by Gasteiger charge is -2.19. The van der Waals surface area contributed by atoms with E-state index in [4.69, 9.17) is 26.8 Å². The number of methoxy groups -OCH3 is 1. The Labute approximate surface area is 114 Å². The van der Waals surface area contributed by atoms with E-state index in [0.717, 1.165) is 19.6 Å². The Morgan fingerprint density at radius 2 is 1.94 bits per heavy atom. The van der Waals surface area contributed by atoms with Gasteiger partial charge in [-0.05, 0) is 19.2 Å². The largest absolute Gasteiger partial charge is 0.493 e. The molecule has 0 spiro atoms. The lowest BCUT2D eigenvalue weighted by atomic mass is 10.3. The summed E-state index contributed by atoms with van der Waals surface area (Å²) in [5.74, 6) is 1.13. The maximum Gasteiger partial charge on any atom is 0.179 e. The summed E-state index contributed by atoms with van der Waals surface area (Å²) >= 11 is 6.10. The van der Waals surface area contributed by atoms with Gasteiger partial charge in [0.15, 0.2) is 11.5 Å². The van der Waals surface area contributed by atoms with Crippen molar-refractivity contribution in [3.63, 3.8) is 0 Å². The molecule has 1 aromatic rings. The molecule has 18 heavy (non-hydrogen) atoms. The van der Waals surface area contributed by atoms with Crippen LogP contribution in [0.15, 0.2) is 12.1 Å². The number of nitrogens with zero attached hydrogens (tertiary/aromatic N) is 1. The Morgan fingerprint density at radius 1 is 1.28 bits per heavy atom. The first-order valence-corrected chi connectivity index (χ1v) is 6.48. The van der Waals surface area contributed by atoms with Crippen molar-refractivity contribution in [1.29, 1.82) is 0 Å². The first-order valence-electron chi connectivity index (χ1n) is 6.10. The SMILES string of the molecule is CCN(CC)CCOc1c(Cl)cc(N)cc1OC. The molecule has 0 heterocycles. The molecule has 0 saturated heterocycles. The summed E-state index contributed by atoms with van der Waals surface area (Å²) in [5, 5.41) is 0.478. The third-order valence-corrected chi connectivity index (χ3v) is 3.08. The molecule has 0 saturated carbocycles.